The third kappa shape index (κ3) is 1.76. The van der Waals surface area contributed by atoms with Gasteiger partial charge in [-0.3, -0.25) is 0 Å². The SMILES string of the molecule is Nc1nc(-c2cccc(Br)c2)nc2[nH]cnc12. The molecule has 0 saturated heterocycles. The fraction of sp³-hybridized carbons (Fsp3) is 0. The van der Waals surface area contributed by atoms with Crippen LogP contribution in [-0.2, 0) is 0 Å². The van der Waals surface area contributed by atoms with E-state index >= 15 is 0 Å². The largest absolute Gasteiger partial charge is 0.382 e. The lowest BCUT2D eigenvalue weighted by Gasteiger charge is -2.02. The highest BCUT2D eigenvalue weighted by Gasteiger charge is 2.08. The van der Waals surface area contributed by atoms with Gasteiger partial charge in [-0.25, -0.2) is 15.0 Å². The van der Waals surface area contributed by atoms with Crippen LogP contribution < -0.4 is 5.73 Å². The molecule has 0 bridgehead atoms. The van der Waals surface area contributed by atoms with Gasteiger partial charge in [0, 0.05) is 10.0 Å². The number of nitrogens with two attached hydrogens (primary N) is 1. The summed E-state index contributed by atoms with van der Waals surface area (Å²) in [5.74, 6) is 0.965. The van der Waals surface area contributed by atoms with Gasteiger partial charge < -0.3 is 10.7 Å². The number of aromatic amines is 1. The van der Waals surface area contributed by atoms with Gasteiger partial charge in [0.15, 0.2) is 17.3 Å². The number of rotatable bonds is 1. The smallest absolute Gasteiger partial charge is 0.164 e. The Labute approximate surface area is 105 Å². The number of hydrogen-bond acceptors (Lipinski definition) is 4. The average Bonchev–Trinajstić information content (AvgIpc) is 2.77. The molecule has 2 aromatic heterocycles. The van der Waals surface area contributed by atoms with Crippen molar-refractivity contribution in [3.05, 3.63) is 35.1 Å². The van der Waals surface area contributed by atoms with Crippen LogP contribution in [0.15, 0.2) is 35.1 Å². The first-order valence-electron chi connectivity index (χ1n) is 4.96. The van der Waals surface area contributed by atoms with Crippen LogP contribution in [-0.4, -0.2) is 19.9 Å². The van der Waals surface area contributed by atoms with E-state index in [1.165, 1.54) is 0 Å². The highest BCUT2D eigenvalue weighted by molar-refractivity contribution is 9.10. The first kappa shape index (κ1) is 10.2. The normalized spacial score (nSPS) is 10.9. The summed E-state index contributed by atoms with van der Waals surface area (Å²) in [6, 6.07) is 7.75. The molecule has 0 unspecified atom stereocenters. The number of H-pyrrole nitrogens is 1. The first-order chi connectivity index (χ1) is 8.24. The molecule has 3 N–H and O–H groups in total. The van der Waals surface area contributed by atoms with Crippen LogP contribution in [0.25, 0.3) is 22.6 Å². The summed E-state index contributed by atoms with van der Waals surface area (Å²) < 4.78 is 0.974. The van der Waals surface area contributed by atoms with E-state index in [0.29, 0.717) is 22.8 Å². The highest BCUT2D eigenvalue weighted by atomic mass is 79.9. The molecule has 0 aliphatic rings. The van der Waals surface area contributed by atoms with Gasteiger partial charge >= 0.3 is 0 Å². The second-order valence-electron chi connectivity index (χ2n) is 3.54. The van der Waals surface area contributed by atoms with Gasteiger partial charge in [-0.15, -0.1) is 0 Å². The van der Waals surface area contributed by atoms with Crippen molar-refractivity contribution in [1.29, 1.82) is 0 Å². The lowest BCUT2D eigenvalue weighted by Crippen LogP contribution is -1.97. The molecule has 3 rings (SSSR count). The van der Waals surface area contributed by atoms with Gasteiger partial charge in [0.05, 0.1) is 6.33 Å². The summed E-state index contributed by atoms with van der Waals surface area (Å²) in [5, 5.41) is 0. The van der Waals surface area contributed by atoms with Gasteiger partial charge in [0.25, 0.3) is 0 Å². The number of hydrogen-bond donors (Lipinski definition) is 2. The third-order valence-corrected chi connectivity index (χ3v) is 2.88. The Kier molecular flexibility index (Phi) is 2.29. The van der Waals surface area contributed by atoms with E-state index < -0.39 is 0 Å². The molecule has 17 heavy (non-hydrogen) atoms. The Morgan fingerprint density at radius 2 is 2.12 bits per heavy atom. The Hall–Kier alpha value is -1.95. The Morgan fingerprint density at radius 3 is 2.94 bits per heavy atom. The Morgan fingerprint density at radius 1 is 1.24 bits per heavy atom. The van der Waals surface area contributed by atoms with Gasteiger partial charge in [-0.1, -0.05) is 28.1 Å². The van der Waals surface area contributed by atoms with Gasteiger partial charge in [0.2, 0.25) is 0 Å². The number of nitrogen functional groups attached to an aromatic ring is 1. The van der Waals surface area contributed by atoms with Crippen LogP contribution in [0.3, 0.4) is 0 Å². The highest BCUT2D eigenvalue weighted by Crippen LogP contribution is 2.23. The average molecular weight is 290 g/mol. The summed E-state index contributed by atoms with van der Waals surface area (Å²) in [5.41, 5.74) is 7.98. The fourth-order valence-corrected chi connectivity index (χ4v) is 2.01. The summed E-state index contributed by atoms with van der Waals surface area (Å²) in [4.78, 5) is 15.6. The lowest BCUT2D eigenvalue weighted by molar-refractivity contribution is 1.21. The molecule has 0 radical (unpaired) electrons. The maximum absolute atomic E-state index is 5.83. The topological polar surface area (TPSA) is 80.5 Å². The molecule has 0 fully saturated rings. The van der Waals surface area contributed by atoms with E-state index in [1.807, 2.05) is 24.3 Å². The molecular formula is C11H8BrN5. The predicted molar refractivity (Wildman–Crippen MR) is 69.2 cm³/mol. The van der Waals surface area contributed by atoms with Crippen LogP contribution in [0.5, 0.6) is 0 Å². The maximum atomic E-state index is 5.83. The number of fused-ring (bicyclic) bond motifs is 1. The monoisotopic (exact) mass is 289 g/mol. The zero-order chi connectivity index (χ0) is 11.8. The molecule has 0 amide bonds. The van der Waals surface area contributed by atoms with Crippen molar-refractivity contribution < 1.29 is 0 Å². The van der Waals surface area contributed by atoms with E-state index in [4.69, 9.17) is 5.73 Å². The number of anilines is 1. The van der Waals surface area contributed by atoms with Gasteiger partial charge in [-0.05, 0) is 12.1 Å². The lowest BCUT2D eigenvalue weighted by atomic mass is 10.2. The van der Waals surface area contributed by atoms with Crippen LogP contribution in [0.2, 0.25) is 0 Å². The maximum Gasteiger partial charge on any atom is 0.164 e. The van der Waals surface area contributed by atoms with Crippen LogP contribution >= 0.6 is 15.9 Å². The molecule has 84 valence electrons. The summed E-state index contributed by atoms with van der Waals surface area (Å²) in [7, 11) is 0. The number of benzene rings is 1. The first-order valence-corrected chi connectivity index (χ1v) is 5.76. The third-order valence-electron chi connectivity index (χ3n) is 2.39. The molecule has 6 heteroatoms. The van der Waals surface area contributed by atoms with Crippen molar-refractivity contribution in [2.75, 3.05) is 5.73 Å². The molecule has 2 heterocycles. The molecule has 0 saturated carbocycles. The summed E-state index contributed by atoms with van der Waals surface area (Å²) in [6.07, 6.45) is 1.56. The second-order valence-corrected chi connectivity index (χ2v) is 4.46. The molecule has 0 atom stereocenters. The van der Waals surface area contributed by atoms with Gasteiger partial charge in [-0.2, -0.15) is 0 Å². The van der Waals surface area contributed by atoms with E-state index in [1.54, 1.807) is 6.33 Å². The van der Waals surface area contributed by atoms with E-state index in [2.05, 4.69) is 35.9 Å². The number of halogens is 1. The molecule has 0 aliphatic carbocycles. The number of nitrogens with one attached hydrogen (secondary N) is 1. The molecular weight excluding hydrogens is 282 g/mol. The van der Waals surface area contributed by atoms with Crippen molar-refractivity contribution in [3.8, 4) is 11.4 Å². The molecule has 0 spiro atoms. The van der Waals surface area contributed by atoms with Crippen molar-refractivity contribution in [2.24, 2.45) is 0 Å². The van der Waals surface area contributed by atoms with Crippen LogP contribution in [0.1, 0.15) is 0 Å². The molecule has 1 aromatic carbocycles. The van der Waals surface area contributed by atoms with E-state index in [9.17, 15) is 0 Å². The minimum Gasteiger partial charge on any atom is -0.382 e. The van der Waals surface area contributed by atoms with Crippen molar-refractivity contribution >= 4 is 32.9 Å². The summed E-state index contributed by atoms with van der Waals surface area (Å²) in [6.45, 7) is 0. The van der Waals surface area contributed by atoms with Crippen molar-refractivity contribution in [1.82, 2.24) is 19.9 Å². The predicted octanol–water partition coefficient (Wildman–Crippen LogP) is 2.36. The van der Waals surface area contributed by atoms with Crippen LogP contribution in [0.4, 0.5) is 5.82 Å². The molecule has 3 aromatic rings. The number of imidazole rings is 1. The van der Waals surface area contributed by atoms with Crippen LogP contribution in [0, 0.1) is 0 Å². The minimum absolute atomic E-state index is 0.381. The minimum atomic E-state index is 0.381. The fourth-order valence-electron chi connectivity index (χ4n) is 1.61. The Bertz CT molecular complexity index is 691. The zero-order valence-corrected chi connectivity index (χ0v) is 10.3. The molecule has 5 nitrogen and oxygen atoms in total. The Balaban J connectivity index is 2.23. The second kappa shape index (κ2) is 3.81. The van der Waals surface area contributed by atoms with Gasteiger partial charge in [0.1, 0.15) is 5.52 Å². The zero-order valence-electron chi connectivity index (χ0n) is 8.68. The van der Waals surface area contributed by atoms with Crippen molar-refractivity contribution in [2.45, 2.75) is 0 Å². The van der Waals surface area contributed by atoms with E-state index in [-0.39, 0.29) is 0 Å². The number of nitrogens with zero attached hydrogens (tertiary/aromatic N) is 3. The quantitative estimate of drug-likeness (QED) is 0.721. The van der Waals surface area contributed by atoms with Crippen molar-refractivity contribution in [3.63, 3.8) is 0 Å². The van der Waals surface area contributed by atoms with E-state index in [0.717, 1.165) is 10.0 Å². The standard InChI is InChI=1S/C11H8BrN5/c12-7-3-1-2-6(4-7)10-16-9(13)8-11(17-10)15-5-14-8/h1-5H,(H3,13,14,15,16,17). The molecule has 0 aliphatic heterocycles. The number of aromatic nitrogens is 4. The summed E-state index contributed by atoms with van der Waals surface area (Å²) >= 11 is 3.41.